The second-order valence-electron chi connectivity index (χ2n) is 3.82. The molecule has 0 radical (unpaired) electrons. The Labute approximate surface area is 106 Å². The molecule has 0 bridgehead atoms. The molecule has 0 aliphatic rings. The fraction of sp³-hybridized carbons (Fsp3) is 0.214. The molecular formula is C14H14N2O2. The third-order valence-corrected chi connectivity index (χ3v) is 2.83. The highest BCUT2D eigenvalue weighted by Gasteiger charge is 2.16. The number of hydrogen-bond acceptors (Lipinski definition) is 3. The SMILES string of the molecule is COc1ccc(C(C#N)c2cc[nH]c2)cc1OC. The minimum Gasteiger partial charge on any atom is -0.493 e. The van der Waals surface area contributed by atoms with Crippen molar-refractivity contribution in [3.8, 4) is 17.6 Å². The number of nitrogens with one attached hydrogen (secondary N) is 1. The van der Waals surface area contributed by atoms with Gasteiger partial charge in [-0.1, -0.05) is 6.07 Å². The molecule has 0 fully saturated rings. The van der Waals surface area contributed by atoms with Gasteiger partial charge in [0.15, 0.2) is 11.5 Å². The van der Waals surface area contributed by atoms with Gasteiger partial charge in [0.2, 0.25) is 0 Å². The molecule has 1 aromatic carbocycles. The van der Waals surface area contributed by atoms with Crippen LogP contribution in [0.15, 0.2) is 36.7 Å². The topological polar surface area (TPSA) is 58.0 Å². The largest absolute Gasteiger partial charge is 0.493 e. The maximum Gasteiger partial charge on any atom is 0.161 e. The standard InChI is InChI=1S/C14H14N2O2/c1-17-13-4-3-10(7-14(13)18-2)12(8-15)11-5-6-16-9-11/h3-7,9,12,16H,1-2H3. The van der Waals surface area contributed by atoms with Crippen LogP contribution in [0.25, 0.3) is 0 Å². The van der Waals surface area contributed by atoms with E-state index in [4.69, 9.17) is 9.47 Å². The molecule has 92 valence electrons. The Kier molecular flexibility index (Phi) is 3.54. The summed E-state index contributed by atoms with van der Waals surface area (Å²) in [4.78, 5) is 2.96. The van der Waals surface area contributed by atoms with Crippen molar-refractivity contribution in [2.75, 3.05) is 14.2 Å². The second-order valence-corrected chi connectivity index (χ2v) is 3.82. The maximum absolute atomic E-state index is 9.31. The van der Waals surface area contributed by atoms with E-state index in [9.17, 15) is 5.26 Å². The maximum atomic E-state index is 9.31. The van der Waals surface area contributed by atoms with Gasteiger partial charge in [0.1, 0.15) is 0 Å². The first-order valence-electron chi connectivity index (χ1n) is 5.54. The van der Waals surface area contributed by atoms with E-state index in [1.807, 2.05) is 30.5 Å². The lowest BCUT2D eigenvalue weighted by molar-refractivity contribution is 0.354. The van der Waals surface area contributed by atoms with Crippen LogP contribution in [0.1, 0.15) is 17.0 Å². The molecule has 1 aromatic heterocycles. The number of nitrogens with zero attached hydrogens (tertiary/aromatic N) is 1. The molecule has 2 rings (SSSR count). The number of H-pyrrole nitrogens is 1. The van der Waals surface area contributed by atoms with Crippen LogP contribution < -0.4 is 9.47 Å². The minimum atomic E-state index is -0.309. The molecule has 0 aliphatic heterocycles. The molecule has 18 heavy (non-hydrogen) atoms. The lowest BCUT2D eigenvalue weighted by atomic mass is 9.94. The Hall–Kier alpha value is -2.41. The van der Waals surface area contributed by atoms with Crippen molar-refractivity contribution in [2.45, 2.75) is 5.92 Å². The van der Waals surface area contributed by atoms with Gasteiger partial charge in [0.05, 0.1) is 26.2 Å². The summed E-state index contributed by atoms with van der Waals surface area (Å²) in [5, 5.41) is 9.31. The van der Waals surface area contributed by atoms with Gasteiger partial charge in [-0.05, 0) is 29.3 Å². The molecule has 4 nitrogen and oxygen atoms in total. The Balaban J connectivity index is 2.41. The predicted octanol–water partition coefficient (Wildman–Crippen LogP) is 2.69. The summed E-state index contributed by atoms with van der Waals surface area (Å²) < 4.78 is 10.4. The van der Waals surface area contributed by atoms with Gasteiger partial charge in [-0.25, -0.2) is 0 Å². The van der Waals surface area contributed by atoms with E-state index in [-0.39, 0.29) is 5.92 Å². The van der Waals surface area contributed by atoms with Crippen LogP contribution in [0.5, 0.6) is 11.5 Å². The fourth-order valence-electron chi connectivity index (χ4n) is 1.89. The van der Waals surface area contributed by atoms with E-state index in [1.54, 1.807) is 20.4 Å². The van der Waals surface area contributed by atoms with Crippen LogP contribution in [0.2, 0.25) is 0 Å². The van der Waals surface area contributed by atoms with E-state index in [1.165, 1.54) is 0 Å². The van der Waals surface area contributed by atoms with Crippen LogP contribution in [0.4, 0.5) is 0 Å². The smallest absolute Gasteiger partial charge is 0.161 e. The van der Waals surface area contributed by atoms with Crippen molar-refractivity contribution in [3.05, 3.63) is 47.8 Å². The molecule has 0 amide bonds. The van der Waals surface area contributed by atoms with Crippen LogP contribution in [-0.4, -0.2) is 19.2 Å². The van der Waals surface area contributed by atoms with Gasteiger partial charge in [-0.2, -0.15) is 5.26 Å². The second kappa shape index (κ2) is 5.28. The van der Waals surface area contributed by atoms with E-state index in [0.717, 1.165) is 11.1 Å². The van der Waals surface area contributed by atoms with Crippen LogP contribution >= 0.6 is 0 Å². The van der Waals surface area contributed by atoms with Crippen molar-refractivity contribution >= 4 is 0 Å². The molecule has 0 saturated heterocycles. The predicted molar refractivity (Wildman–Crippen MR) is 67.8 cm³/mol. The molecule has 4 heteroatoms. The zero-order chi connectivity index (χ0) is 13.0. The summed E-state index contributed by atoms with van der Waals surface area (Å²) >= 11 is 0. The molecule has 1 atom stereocenters. The average Bonchev–Trinajstić information content (AvgIpc) is 2.93. The summed E-state index contributed by atoms with van der Waals surface area (Å²) in [6.45, 7) is 0. The Morgan fingerprint density at radius 1 is 1.11 bits per heavy atom. The third-order valence-electron chi connectivity index (χ3n) is 2.83. The van der Waals surface area contributed by atoms with Gasteiger partial charge >= 0.3 is 0 Å². The van der Waals surface area contributed by atoms with E-state index in [0.29, 0.717) is 11.5 Å². The summed E-state index contributed by atoms with van der Waals surface area (Å²) in [6, 6.07) is 9.71. The highest BCUT2D eigenvalue weighted by Crippen LogP contribution is 2.32. The number of hydrogen-bond donors (Lipinski definition) is 1. The lowest BCUT2D eigenvalue weighted by Crippen LogP contribution is -1.98. The molecule has 1 N–H and O–H groups in total. The zero-order valence-corrected chi connectivity index (χ0v) is 10.3. The molecular weight excluding hydrogens is 228 g/mol. The lowest BCUT2D eigenvalue weighted by Gasteiger charge is -2.12. The quantitative estimate of drug-likeness (QED) is 0.896. The van der Waals surface area contributed by atoms with Crippen molar-refractivity contribution < 1.29 is 9.47 Å². The zero-order valence-electron chi connectivity index (χ0n) is 10.3. The Morgan fingerprint density at radius 2 is 1.89 bits per heavy atom. The van der Waals surface area contributed by atoms with Gasteiger partial charge in [0.25, 0.3) is 0 Å². The number of nitriles is 1. The number of aromatic amines is 1. The van der Waals surface area contributed by atoms with Crippen molar-refractivity contribution in [2.24, 2.45) is 0 Å². The number of rotatable bonds is 4. The van der Waals surface area contributed by atoms with Gasteiger partial charge in [0, 0.05) is 12.4 Å². The molecule has 1 heterocycles. The van der Waals surface area contributed by atoms with Crippen molar-refractivity contribution in [1.29, 1.82) is 5.26 Å². The first-order chi connectivity index (χ1) is 8.80. The highest BCUT2D eigenvalue weighted by molar-refractivity contribution is 5.47. The molecule has 2 aromatic rings. The van der Waals surface area contributed by atoms with E-state index >= 15 is 0 Å². The normalized spacial score (nSPS) is 11.6. The third kappa shape index (κ3) is 2.16. The monoisotopic (exact) mass is 242 g/mol. The summed E-state index contributed by atoms with van der Waals surface area (Å²) in [6.07, 6.45) is 3.63. The average molecular weight is 242 g/mol. The fourth-order valence-corrected chi connectivity index (χ4v) is 1.89. The Morgan fingerprint density at radius 3 is 2.44 bits per heavy atom. The highest BCUT2D eigenvalue weighted by atomic mass is 16.5. The molecule has 0 aliphatic carbocycles. The summed E-state index contributed by atoms with van der Waals surface area (Å²) in [5.74, 6) is 0.980. The first kappa shape index (κ1) is 12.1. The molecule has 1 unspecified atom stereocenters. The van der Waals surface area contributed by atoms with Crippen LogP contribution in [0.3, 0.4) is 0 Å². The number of ether oxygens (including phenoxy) is 2. The molecule has 0 saturated carbocycles. The number of benzene rings is 1. The van der Waals surface area contributed by atoms with E-state index < -0.39 is 0 Å². The summed E-state index contributed by atoms with van der Waals surface area (Å²) in [7, 11) is 3.17. The van der Waals surface area contributed by atoms with Gasteiger partial charge < -0.3 is 14.5 Å². The first-order valence-corrected chi connectivity index (χ1v) is 5.54. The number of methoxy groups -OCH3 is 2. The van der Waals surface area contributed by atoms with Crippen molar-refractivity contribution in [1.82, 2.24) is 4.98 Å². The Bertz CT molecular complexity index is 556. The summed E-state index contributed by atoms with van der Waals surface area (Å²) in [5.41, 5.74) is 1.82. The van der Waals surface area contributed by atoms with Crippen LogP contribution in [-0.2, 0) is 0 Å². The van der Waals surface area contributed by atoms with E-state index in [2.05, 4.69) is 11.1 Å². The number of aromatic nitrogens is 1. The van der Waals surface area contributed by atoms with Gasteiger partial charge in [-0.3, -0.25) is 0 Å². The minimum absolute atomic E-state index is 0.309. The van der Waals surface area contributed by atoms with Crippen molar-refractivity contribution in [3.63, 3.8) is 0 Å². The van der Waals surface area contributed by atoms with Crippen LogP contribution in [0, 0.1) is 11.3 Å². The molecule has 0 spiro atoms. The van der Waals surface area contributed by atoms with Gasteiger partial charge in [-0.15, -0.1) is 0 Å².